The van der Waals surface area contributed by atoms with E-state index >= 15 is 0 Å². The Labute approximate surface area is 136 Å². The summed E-state index contributed by atoms with van der Waals surface area (Å²) < 4.78 is 25.3. The molecule has 0 aromatic carbocycles. The first kappa shape index (κ1) is 16.3. The zero-order valence-electron chi connectivity index (χ0n) is 3.63. The molecule has 0 heterocycles. The summed E-state index contributed by atoms with van der Waals surface area (Å²) in [6.45, 7) is 0. The third-order valence-electron chi connectivity index (χ3n) is 0. The van der Waals surface area contributed by atoms with Crippen molar-refractivity contribution in [1.82, 2.24) is 0 Å². The van der Waals surface area contributed by atoms with Crippen LogP contribution in [0.2, 0.25) is 0 Å². The van der Waals surface area contributed by atoms with Crippen LogP contribution in [0.1, 0.15) is 0 Å². The normalized spacial score (nSPS) is 5.83. The molecule has 0 unspecified atom stereocenters. The molecule has 0 rings (SSSR count). The summed E-state index contributed by atoms with van der Waals surface area (Å²) in [5.41, 5.74) is 0. The van der Waals surface area contributed by atoms with Gasteiger partial charge in [-0.05, 0) is 0 Å². The fraction of sp³-hybridized carbons (Fsp3) is 0. The monoisotopic (exact) mass is 250 g/mol. The molecule has 3 nitrogen and oxygen atoms in total. The quantitative estimate of drug-likeness (QED) is 0.402. The predicted molar refractivity (Wildman–Crippen MR) is 9.70 cm³/mol. The van der Waals surface area contributed by atoms with Gasteiger partial charge in [0.05, 0.1) is 0 Å². The second-order valence-corrected chi connectivity index (χ2v) is 0.612. The first-order chi connectivity index (χ1) is 1.73. The van der Waals surface area contributed by atoms with E-state index in [9.17, 15) is 0 Å². The van der Waals surface area contributed by atoms with E-state index < -0.39 is 11.4 Å². The minimum absolute atomic E-state index is 0. The predicted octanol–water partition coefficient (Wildman–Crippen LogP) is -7.00. The summed E-state index contributed by atoms with van der Waals surface area (Å²) in [5.74, 6) is 0. The fourth-order valence-corrected chi connectivity index (χ4v) is 0. The van der Waals surface area contributed by atoms with Gasteiger partial charge in [0.1, 0.15) is 0 Å². The third-order valence-corrected chi connectivity index (χ3v) is 0. The number of hydrogen-bond acceptors (Lipinski definition) is 3. The second kappa shape index (κ2) is 11.5. The van der Waals surface area contributed by atoms with Crippen molar-refractivity contribution in [1.29, 1.82) is 0 Å². The van der Waals surface area contributed by atoms with Crippen LogP contribution in [0, 0.1) is 0 Å². The van der Waals surface area contributed by atoms with E-state index in [-0.39, 0.29) is 116 Å². The molecule has 0 aromatic heterocycles. The molecule has 0 aliphatic rings. The van der Waals surface area contributed by atoms with E-state index in [4.69, 9.17) is 13.3 Å². The summed E-state index contributed by atoms with van der Waals surface area (Å²) >= 11 is -3.11. The maximum atomic E-state index is 8.44. The zero-order valence-corrected chi connectivity index (χ0v) is 14.3. The van der Waals surface area contributed by atoms with Crippen molar-refractivity contribution in [3.8, 4) is 0 Å². The summed E-state index contributed by atoms with van der Waals surface area (Å²) in [5, 5.41) is 0. The minimum atomic E-state index is -3.11. The van der Waals surface area contributed by atoms with Gasteiger partial charge >= 0.3 is 116 Å². The van der Waals surface area contributed by atoms with Crippen molar-refractivity contribution in [3.05, 3.63) is 0 Å². The van der Waals surface area contributed by atoms with Crippen LogP contribution in [0.15, 0.2) is 0 Å². The van der Waals surface area contributed by atoms with Crippen LogP contribution < -0.4 is 116 Å². The molecule has 0 atom stereocenters. The maximum Gasteiger partial charge on any atom is 1.00 e. The van der Waals surface area contributed by atoms with Gasteiger partial charge in [-0.15, -0.1) is 11.4 Å². The van der Waals surface area contributed by atoms with Crippen molar-refractivity contribution in [2.24, 2.45) is 0 Å². The van der Waals surface area contributed by atoms with Gasteiger partial charge in [-0.3, -0.25) is 4.21 Å². The van der Waals surface area contributed by atoms with Crippen LogP contribution in [0.4, 0.5) is 0 Å². The fourth-order valence-electron chi connectivity index (χ4n) is 0. The first-order valence-electron chi connectivity index (χ1n) is 0.500. The molecule has 0 N–H and O–H groups in total. The van der Waals surface area contributed by atoms with Crippen LogP contribution in [0.5, 0.6) is 0 Å². The molecular weight excluding hydrogens is 251 g/mol. The van der Waals surface area contributed by atoms with Gasteiger partial charge in [0, 0.05) is 0 Å². The molecule has 0 aromatic rings. The molecule has 0 saturated carbocycles. The van der Waals surface area contributed by atoms with Gasteiger partial charge in [0.15, 0.2) is 0 Å². The Bertz CT molecular complexity index is 31.8. The van der Waals surface area contributed by atoms with Crippen LogP contribution in [0.3, 0.4) is 0 Å². The van der Waals surface area contributed by atoms with Crippen molar-refractivity contribution in [3.63, 3.8) is 0 Å². The number of hydrogen-bond donors (Lipinski definition) is 0. The van der Waals surface area contributed by atoms with Crippen LogP contribution in [-0.4, -0.2) is 13.3 Å². The summed E-state index contributed by atoms with van der Waals surface area (Å²) in [4.78, 5) is 0. The molecule has 0 spiro atoms. The minimum Gasteiger partial charge on any atom is -0.784 e. The molecule has 0 fully saturated rings. The Morgan fingerprint density at radius 1 is 1.17 bits per heavy atom. The standard InChI is InChI=1S/H2O3S.2Rb/c1-4(2)3;;/h(H2,1,2,3);;/q;2*+1/p-2. The Hall–Kier alpha value is 3.68. The third kappa shape index (κ3) is 25.3. The van der Waals surface area contributed by atoms with Crippen molar-refractivity contribution >= 4 is 11.4 Å². The van der Waals surface area contributed by atoms with Crippen LogP contribution in [-0.2, 0) is 11.4 Å². The molecule has 26 valence electrons. The molecule has 0 aliphatic carbocycles. The summed E-state index contributed by atoms with van der Waals surface area (Å²) in [7, 11) is 0. The van der Waals surface area contributed by atoms with Gasteiger partial charge in [-0.2, -0.15) is 0 Å². The Morgan fingerprint density at radius 2 is 1.17 bits per heavy atom. The van der Waals surface area contributed by atoms with E-state index in [0.717, 1.165) is 0 Å². The Morgan fingerprint density at radius 3 is 1.17 bits per heavy atom. The van der Waals surface area contributed by atoms with E-state index in [1.165, 1.54) is 0 Å². The second-order valence-electron chi connectivity index (χ2n) is 0.204. The van der Waals surface area contributed by atoms with E-state index in [2.05, 4.69) is 0 Å². The van der Waals surface area contributed by atoms with E-state index in [1.807, 2.05) is 0 Å². The summed E-state index contributed by atoms with van der Waals surface area (Å²) in [6, 6.07) is 0. The topological polar surface area (TPSA) is 63.2 Å². The van der Waals surface area contributed by atoms with Crippen LogP contribution in [0.25, 0.3) is 0 Å². The van der Waals surface area contributed by atoms with Gasteiger partial charge in [0.2, 0.25) is 0 Å². The zero-order chi connectivity index (χ0) is 3.58. The first-order valence-corrected chi connectivity index (χ1v) is 1.50. The molecule has 0 amide bonds. The average molecular weight is 251 g/mol. The Kier molecular flexibility index (Phi) is 31.3. The van der Waals surface area contributed by atoms with Gasteiger partial charge in [-0.25, -0.2) is 0 Å². The molecule has 6 heavy (non-hydrogen) atoms. The number of rotatable bonds is 0. The van der Waals surface area contributed by atoms with E-state index in [1.54, 1.807) is 0 Å². The largest absolute Gasteiger partial charge is 1.00 e. The summed E-state index contributed by atoms with van der Waals surface area (Å²) in [6.07, 6.45) is 0. The van der Waals surface area contributed by atoms with Gasteiger partial charge in [-0.1, -0.05) is 0 Å². The molecule has 0 bridgehead atoms. The Balaban J connectivity index is -0.0000000450. The molecular formula is O3Rb2S. The average Bonchev–Trinajstić information content (AvgIpc) is 0.811. The van der Waals surface area contributed by atoms with Gasteiger partial charge < -0.3 is 9.11 Å². The van der Waals surface area contributed by atoms with Crippen molar-refractivity contribution < 1.29 is 130 Å². The molecule has 6 heteroatoms. The van der Waals surface area contributed by atoms with E-state index in [0.29, 0.717) is 0 Å². The maximum absolute atomic E-state index is 8.44. The molecule has 0 aliphatic heterocycles. The van der Waals surface area contributed by atoms with Crippen molar-refractivity contribution in [2.75, 3.05) is 0 Å². The smallest absolute Gasteiger partial charge is 0.784 e. The molecule has 0 saturated heterocycles. The van der Waals surface area contributed by atoms with Crippen molar-refractivity contribution in [2.45, 2.75) is 0 Å². The van der Waals surface area contributed by atoms with Crippen LogP contribution >= 0.6 is 0 Å². The van der Waals surface area contributed by atoms with Gasteiger partial charge in [0.25, 0.3) is 0 Å². The SMILES string of the molecule is O=S([O-])[O-].[Rb+].[Rb+]. The molecule has 0 radical (unpaired) electrons.